The predicted molar refractivity (Wildman–Crippen MR) is 100 cm³/mol. The summed E-state index contributed by atoms with van der Waals surface area (Å²) in [6.07, 6.45) is 1.32. The highest BCUT2D eigenvalue weighted by Crippen LogP contribution is 2.29. The van der Waals surface area contributed by atoms with Crippen molar-refractivity contribution in [1.29, 1.82) is 0 Å². The number of ether oxygens (including phenoxy) is 2. The predicted octanol–water partition coefficient (Wildman–Crippen LogP) is 2.31. The Balaban J connectivity index is 2.32. The van der Waals surface area contributed by atoms with Crippen molar-refractivity contribution in [2.45, 2.75) is 20.8 Å². The van der Waals surface area contributed by atoms with Gasteiger partial charge in [-0.1, -0.05) is 24.3 Å². The van der Waals surface area contributed by atoms with Crippen LogP contribution in [0, 0.1) is 6.92 Å². The van der Waals surface area contributed by atoms with Gasteiger partial charge in [0.15, 0.2) is 11.5 Å². The van der Waals surface area contributed by atoms with E-state index in [1.54, 1.807) is 49.4 Å². The zero-order valence-corrected chi connectivity index (χ0v) is 15.6. The first-order valence-electron chi connectivity index (χ1n) is 8.65. The minimum atomic E-state index is -1.48. The summed E-state index contributed by atoms with van der Waals surface area (Å²) < 4.78 is 11.0. The smallest absolute Gasteiger partial charge is 0.255 e. The van der Waals surface area contributed by atoms with Crippen molar-refractivity contribution in [2.24, 2.45) is 0 Å². The van der Waals surface area contributed by atoms with Crippen molar-refractivity contribution in [3.05, 3.63) is 64.9 Å². The fourth-order valence-corrected chi connectivity index (χ4v) is 2.49. The maximum absolute atomic E-state index is 12.4. The molecule has 0 radical (unpaired) electrons. The molecule has 6 nitrogen and oxygen atoms in total. The molecule has 6 heteroatoms. The first kappa shape index (κ1) is 20.0. The van der Waals surface area contributed by atoms with E-state index >= 15 is 0 Å². The number of carbonyl (C=O) groups is 2. The van der Waals surface area contributed by atoms with Gasteiger partial charge in [-0.3, -0.25) is 4.79 Å². The summed E-state index contributed by atoms with van der Waals surface area (Å²) in [4.78, 5) is 23.9. The average molecular weight is 368 g/mol. The van der Waals surface area contributed by atoms with Crippen LogP contribution in [0.25, 0.3) is 6.08 Å². The number of benzene rings is 2. The zero-order valence-electron chi connectivity index (χ0n) is 15.6. The van der Waals surface area contributed by atoms with E-state index in [1.807, 2.05) is 13.8 Å². The average Bonchev–Trinajstić information content (AvgIpc) is 2.63. The summed E-state index contributed by atoms with van der Waals surface area (Å²) in [7, 11) is 0. The standard InChI is InChI=1S/C21H23NO5/c1-4-26-18-11-10-15(13-19(18)27-5-2)12-17(21(24)25)22-20(23)16-9-7-6-8-14(16)3/h6-13H,4-5H2,1-3H3,(H,22,23)(H,24,25)/p-1/b17-12+. The molecule has 0 aliphatic carbocycles. The number of carboxylic acids is 1. The van der Waals surface area contributed by atoms with Gasteiger partial charge in [-0.15, -0.1) is 0 Å². The molecule has 0 aliphatic rings. The molecule has 0 saturated carbocycles. The van der Waals surface area contributed by atoms with Crippen LogP contribution in [0.4, 0.5) is 0 Å². The van der Waals surface area contributed by atoms with Crippen molar-refractivity contribution in [1.82, 2.24) is 5.32 Å². The number of aliphatic carboxylic acids is 1. The number of carboxylic acid groups (broad SMARTS) is 1. The molecule has 27 heavy (non-hydrogen) atoms. The Morgan fingerprint density at radius 1 is 1.04 bits per heavy atom. The molecule has 1 N–H and O–H groups in total. The third-order valence-electron chi connectivity index (χ3n) is 3.74. The second-order valence-electron chi connectivity index (χ2n) is 5.69. The van der Waals surface area contributed by atoms with Crippen molar-refractivity contribution in [2.75, 3.05) is 13.2 Å². The lowest BCUT2D eigenvalue weighted by atomic mass is 10.1. The Bertz CT molecular complexity index is 857. The van der Waals surface area contributed by atoms with Crippen LogP contribution < -0.4 is 19.9 Å². The van der Waals surface area contributed by atoms with Gasteiger partial charge in [0.2, 0.25) is 0 Å². The molecular weight excluding hydrogens is 346 g/mol. The Labute approximate surface area is 158 Å². The molecule has 1 amide bonds. The number of amides is 1. The van der Waals surface area contributed by atoms with Crippen LogP contribution in [0.2, 0.25) is 0 Å². The molecule has 0 heterocycles. The number of rotatable bonds is 8. The minimum absolute atomic E-state index is 0.338. The highest BCUT2D eigenvalue weighted by molar-refractivity contribution is 6.02. The molecule has 2 rings (SSSR count). The molecule has 0 bridgehead atoms. The van der Waals surface area contributed by atoms with Gasteiger partial charge < -0.3 is 24.7 Å². The zero-order chi connectivity index (χ0) is 19.8. The van der Waals surface area contributed by atoms with Crippen molar-refractivity contribution in [3.63, 3.8) is 0 Å². The molecule has 0 fully saturated rings. The van der Waals surface area contributed by atoms with Gasteiger partial charge in [0.05, 0.1) is 24.9 Å². The molecule has 142 valence electrons. The first-order valence-corrected chi connectivity index (χ1v) is 8.65. The summed E-state index contributed by atoms with van der Waals surface area (Å²) in [5.41, 5.74) is 1.33. The van der Waals surface area contributed by atoms with Gasteiger partial charge >= 0.3 is 0 Å². The summed E-state index contributed by atoms with van der Waals surface area (Å²) in [5.74, 6) is -0.935. The quantitative estimate of drug-likeness (QED) is 0.723. The van der Waals surface area contributed by atoms with E-state index in [4.69, 9.17) is 9.47 Å². The fraction of sp³-hybridized carbons (Fsp3) is 0.238. The lowest BCUT2D eigenvalue weighted by molar-refractivity contribution is -0.299. The molecule has 0 spiro atoms. The second-order valence-corrected chi connectivity index (χ2v) is 5.69. The van der Waals surface area contributed by atoms with Gasteiger partial charge in [0, 0.05) is 5.56 Å². The van der Waals surface area contributed by atoms with E-state index in [0.717, 1.165) is 5.56 Å². The molecule has 0 saturated heterocycles. The minimum Gasteiger partial charge on any atom is -0.543 e. The Hall–Kier alpha value is -3.28. The molecule has 0 aromatic heterocycles. The van der Waals surface area contributed by atoms with Crippen LogP contribution in [-0.2, 0) is 4.79 Å². The molecular formula is C21H22NO5-. The summed E-state index contributed by atoms with van der Waals surface area (Å²) in [6.45, 7) is 6.39. The summed E-state index contributed by atoms with van der Waals surface area (Å²) in [5, 5.41) is 13.9. The van der Waals surface area contributed by atoms with Crippen LogP contribution in [-0.4, -0.2) is 25.1 Å². The van der Waals surface area contributed by atoms with Crippen molar-refractivity contribution in [3.8, 4) is 11.5 Å². The highest BCUT2D eigenvalue weighted by Gasteiger charge is 2.12. The maximum Gasteiger partial charge on any atom is 0.255 e. The molecule has 0 aliphatic heterocycles. The van der Waals surface area contributed by atoms with E-state index < -0.39 is 11.9 Å². The van der Waals surface area contributed by atoms with E-state index in [1.165, 1.54) is 6.08 Å². The van der Waals surface area contributed by atoms with E-state index in [0.29, 0.717) is 35.8 Å². The van der Waals surface area contributed by atoms with Gasteiger partial charge in [0.25, 0.3) is 5.91 Å². The third-order valence-corrected chi connectivity index (χ3v) is 3.74. The van der Waals surface area contributed by atoms with Crippen molar-refractivity contribution < 1.29 is 24.2 Å². The number of aryl methyl sites for hydroxylation is 1. The molecule has 0 unspecified atom stereocenters. The fourth-order valence-electron chi connectivity index (χ4n) is 2.49. The Morgan fingerprint density at radius 2 is 1.70 bits per heavy atom. The monoisotopic (exact) mass is 368 g/mol. The topological polar surface area (TPSA) is 87.7 Å². The lowest BCUT2D eigenvalue weighted by Gasteiger charge is -2.14. The Morgan fingerprint density at radius 3 is 2.33 bits per heavy atom. The number of hydrogen-bond donors (Lipinski definition) is 1. The van der Waals surface area contributed by atoms with Crippen LogP contribution in [0.15, 0.2) is 48.2 Å². The molecule has 0 atom stereocenters. The van der Waals surface area contributed by atoms with Crippen molar-refractivity contribution >= 4 is 18.0 Å². The van der Waals surface area contributed by atoms with Crippen LogP contribution in [0.3, 0.4) is 0 Å². The van der Waals surface area contributed by atoms with E-state index in [-0.39, 0.29) is 5.70 Å². The number of hydrogen-bond acceptors (Lipinski definition) is 5. The summed E-state index contributed by atoms with van der Waals surface area (Å²) >= 11 is 0. The van der Waals surface area contributed by atoms with E-state index in [2.05, 4.69) is 5.32 Å². The number of carbonyl (C=O) groups excluding carboxylic acids is 2. The Kier molecular flexibility index (Phi) is 7.00. The van der Waals surface area contributed by atoms with Crippen LogP contribution in [0.1, 0.15) is 35.3 Å². The first-order chi connectivity index (χ1) is 13.0. The summed E-state index contributed by atoms with van der Waals surface area (Å²) in [6, 6.07) is 11.9. The highest BCUT2D eigenvalue weighted by atomic mass is 16.5. The van der Waals surface area contributed by atoms with Gasteiger partial charge in [-0.05, 0) is 56.2 Å². The van der Waals surface area contributed by atoms with Crippen LogP contribution in [0.5, 0.6) is 11.5 Å². The van der Waals surface area contributed by atoms with Gasteiger partial charge in [-0.25, -0.2) is 0 Å². The largest absolute Gasteiger partial charge is 0.543 e. The number of nitrogens with one attached hydrogen (secondary N) is 1. The normalized spacial score (nSPS) is 11.0. The van der Waals surface area contributed by atoms with Gasteiger partial charge in [0.1, 0.15) is 0 Å². The SMILES string of the molecule is CCOc1ccc(/C=C(/NC(=O)c2ccccc2C)C(=O)[O-])cc1OCC. The second kappa shape index (κ2) is 9.43. The van der Waals surface area contributed by atoms with E-state index in [9.17, 15) is 14.7 Å². The van der Waals surface area contributed by atoms with Gasteiger partial charge in [-0.2, -0.15) is 0 Å². The van der Waals surface area contributed by atoms with Crippen LogP contribution >= 0.6 is 0 Å². The lowest BCUT2D eigenvalue weighted by Crippen LogP contribution is -2.35. The molecule has 2 aromatic rings. The maximum atomic E-state index is 12.4. The molecule has 2 aromatic carbocycles. The third kappa shape index (κ3) is 5.34.